The van der Waals surface area contributed by atoms with Crippen LogP contribution >= 0.6 is 11.6 Å². The summed E-state index contributed by atoms with van der Waals surface area (Å²) >= 11 is 5.88. The first-order chi connectivity index (χ1) is 14.8. The second-order valence-electron chi connectivity index (χ2n) is 6.29. The summed E-state index contributed by atoms with van der Waals surface area (Å²) in [4.78, 5) is 15.7. The van der Waals surface area contributed by atoms with Crippen molar-refractivity contribution in [2.24, 2.45) is 5.73 Å². The SMILES string of the molecule is CC.NC(=O)c1cnc2ccc(-c3cn(CC(F)F)nc3-c3ccc(F)c(Cl)c3)cn12. The topological polar surface area (TPSA) is 78.2 Å². The largest absolute Gasteiger partial charge is 0.364 e. The number of primary amides is 1. The molecule has 1 aromatic carbocycles. The van der Waals surface area contributed by atoms with E-state index in [1.807, 2.05) is 13.8 Å². The van der Waals surface area contributed by atoms with Crippen LogP contribution in [0.2, 0.25) is 5.02 Å². The second kappa shape index (κ2) is 9.22. The molecular formula is C21H19ClF3N5O. The Kier molecular flexibility index (Phi) is 6.65. The van der Waals surface area contributed by atoms with Crippen LogP contribution in [0.1, 0.15) is 24.3 Å². The average Bonchev–Trinajstić information content (AvgIpc) is 3.35. The summed E-state index contributed by atoms with van der Waals surface area (Å²) in [6, 6.07) is 7.39. The molecule has 0 saturated heterocycles. The maximum Gasteiger partial charge on any atom is 0.267 e. The van der Waals surface area contributed by atoms with Crippen LogP contribution in [0, 0.1) is 5.82 Å². The zero-order valence-electron chi connectivity index (χ0n) is 16.7. The van der Waals surface area contributed by atoms with Crippen molar-refractivity contribution in [2.45, 2.75) is 26.8 Å². The number of halogens is 4. The van der Waals surface area contributed by atoms with Gasteiger partial charge in [-0.1, -0.05) is 25.4 Å². The predicted molar refractivity (Wildman–Crippen MR) is 113 cm³/mol. The highest BCUT2D eigenvalue weighted by atomic mass is 35.5. The Morgan fingerprint density at radius 2 is 1.87 bits per heavy atom. The van der Waals surface area contributed by atoms with Crippen LogP contribution in [0.3, 0.4) is 0 Å². The van der Waals surface area contributed by atoms with Gasteiger partial charge in [-0.3, -0.25) is 13.9 Å². The standard InChI is InChI=1S/C19H13ClF3N5O.C2H6/c20-13-5-10(1-3-14(13)21)18-12(8-27(26-18)9-16(22)23)11-2-4-17-25-6-15(19(24)29)28(17)7-11;1-2/h1-8,16H,9H2,(H2,24,29);1-2H3. The number of hydrogen-bond donors (Lipinski definition) is 1. The average molecular weight is 450 g/mol. The fourth-order valence-corrected chi connectivity index (χ4v) is 3.23. The number of pyridine rings is 1. The number of nitrogens with two attached hydrogens (primary N) is 1. The van der Waals surface area contributed by atoms with Crippen molar-refractivity contribution in [2.75, 3.05) is 0 Å². The van der Waals surface area contributed by atoms with Crippen LogP contribution in [0.4, 0.5) is 13.2 Å². The highest BCUT2D eigenvalue weighted by Crippen LogP contribution is 2.33. The van der Waals surface area contributed by atoms with Gasteiger partial charge in [0.25, 0.3) is 12.3 Å². The zero-order chi connectivity index (χ0) is 22.7. The van der Waals surface area contributed by atoms with Crippen LogP contribution in [-0.2, 0) is 6.54 Å². The number of nitrogens with zero attached hydrogens (tertiary/aromatic N) is 4. The van der Waals surface area contributed by atoms with E-state index in [-0.39, 0.29) is 10.7 Å². The lowest BCUT2D eigenvalue weighted by Gasteiger charge is -2.06. The quantitative estimate of drug-likeness (QED) is 0.463. The molecule has 0 radical (unpaired) electrons. The molecular weight excluding hydrogens is 431 g/mol. The molecule has 10 heteroatoms. The van der Waals surface area contributed by atoms with Gasteiger partial charge in [0.05, 0.1) is 11.2 Å². The number of hydrogen-bond acceptors (Lipinski definition) is 3. The van der Waals surface area contributed by atoms with E-state index in [1.54, 1.807) is 18.3 Å². The first-order valence-electron chi connectivity index (χ1n) is 9.42. The number of amides is 1. The molecule has 0 bridgehead atoms. The van der Waals surface area contributed by atoms with Gasteiger partial charge in [-0.05, 0) is 30.3 Å². The zero-order valence-corrected chi connectivity index (χ0v) is 17.4. The lowest BCUT2D eigenvalue weighted by Crippen LogP contribution is -2.13. The van der Waals surface area contributed by atoms with Crippen LogP contribution in [0.25, 0.3) is 28.0 Å². The molecule has 162 valence electrons. The van der Waals surface area contributed by atoms with Crippen molar-refractivity contribution in [3.05, 3.63) is 65.5 Å². The molecule has 6 nitrogen and oxygen atoms in total. The summed E-state index contributed by atoms with van der Waals surface area (Å²) in [5, 5.41) is 4.12. The molecule has 0 spiro atoms. The van der Waals surface area contributed by atoms with Gasteiger partial charge in [0.1, 0.15) is 29.4 Å². The van der Waals surface area contributed by atoms with Gasteiger partial charge < -0.3 is 5.73 Å². The molecule has 31 heavy (non-hydrogen) atoms. The summed E-state index contributed by atoms with van der Waals surface area (Å²) in [7, 11) is 0. The van der Waals surface area contributed by atoms with Crippen molar-refractivity contribution in [1.29, 1.82) is 0 Å². The molecule has 0 aliphatic carbocycles. The highest BCUT2D eigenvalue weighted by molar-refractivity contribution is 6.31. The molecule has 0 saturated carbocycles. The molecule has 0 aliphatic rings. The number of carbonyl (C=O) groups excluding carboxylic acids is 1. The fourth-order valence-electron chi connectivity index (χ4n) is 3.05. The van der Waals surface area contributed by atoms with E-state index in [2.05, 4.69) is 10.1 Å². The normalized spacial score (nSPS) is 10.9. The number of imidazole rings is 1. The maximum absolute atomic E-state index is 13.6. The van der Waals surface area contributed by atoms with Crippen molar-refractivity contribution in [1.82, 2.24) is 19.2 Å². The van der Waals surface area contributed by atoms with E-state index in [0.29, 0.717) is 28.0 Å². The first kappa shape index (κ1) is 22.4. The number of aromatic nitrogens is 4. The van der Waals surface area contributed by atoms with Crippen LogP contribution in [0.5, 0.6) is 0 Å². The fraction of sp³-hybridized carbons (Fsp3) is 0.190. The van der Waals surface area contributed by atoms with Crippen LogP contribution in [-0.4, -0.2) is 31.5 Å². The number of benzene rings is 1. The summed E-state index contributed by atoms with van der Waals surface area (Å²) in [6.07, 6.45) is 1.81. The molecule has 2 N–H and O–H groups in total. The number of alkyl halides is 2. The molecule has 3 heterocycles. The van der Waals surface area contributed by atoms with E-state index in [4.69, 9.17) is 17.3 Å². The minimum Gasteiger partial charge on any atom is -0.364 e. The van der Waals surface area contributed by atoms with E-state index < -0.39 is 24.7 Å². The molecule has 4 aromatic rings. The smallest absolute Gasteiger partial charge is 0.267 e. The highest BCUT2D eigenvalue weighted by Gasteiger charge is 2.18. The van der Waals surface area contributed by atoms with Gasteiger partial charge in [0.2, 0.25) is 0 Å². The molecule has 1 amide bonds. The van der Waals surface area contributed by atoms with Crippen molar-refractivity contribution < 1.29 is 18.0 Å². The van der Waals surface area contributed by atoms with Crippen LogP contribution in [0.15, 0.2) is 48.9 Å². The summed E-state index contributed by atoms with van der Waals surface area (Å²) in [5.41, 5.74) is 7.92. The minimum absolute atomic E-state index is 0.113. The Morgan fingerprint density at radius 3 is 2.52 bits per heavy atom. The first-order valence-corrected chi connectivity index (χ1v) is 9.79. The van der Waals surface area contributed by atoms with Gasteiger partial charge >= 0.3 is 0 Å². The monoisotopic (exact) mass is 449 g/mol. The predicted octanol–water partition coefficient (Wildman–Crippen LogP) is 5.05. The maximum atomic E-state index is 13.6. The Morgan fingerprint density at radius 1 is 1.16 bits per heavy atom. The molecule has 4 rings (SSSR count). The molecule has 0 aliphatic heterocycles. The van der Waals surface area contributed by atoms with E-state index in [1.165, 1.54) is 35.0 Å². The Bertz CT molecular complexity index is 1240. The van der Waals surface area contributed by atoms with Gasteiger partial charge in [-0.15, -0.1) is 0 Å². The molecule has 3 aromatic heterocycles. The van der Waals surface area contributed by atoms with Gasteiger partial charge in [0, 0.05) is 29.1 Å². The lowest BCUT2D eigenvalue weighted by atomic mass is 10.0. The number of fused-ring (bicyclic) bond motifs is 1. The number of carbonyl (C=O) groups is 1. The van der Waals surface area contributed by atoms with E-state index in [0.717, 1.165) is 4.68 Å². The third-order valence-corrected chi connectivity index (χ3v) is 4.64. The Balaban J connectivity index is 0.00000132. The summed E-state index contributed by atoms with van der Waals surface area (Å²) in [6.45, 7) is 3.39. The lowest BCUT2D eigenvalue weighted by molar-refractivity contribution is 0.0994. The molecule has 0 atom stereocenters. The second-order valence-corrected chi connectivity index (χ2v) is 6.69. The van der Waals surface area contributed by atoms with Crippen LogP contribution < -0.4 is 5.73 Å². The van der Waals surface area contributed by atoms with Gasteiger partial charge in [0.15, 0.2) is 0 Å². The third-order valence-electron chi connectivity index (χ3n) is 4.35. The summed E-state index contributed by atoms with van der Waals surface area (Å²) < 4.78 is 42.0. The molecule has 0 unspecified atom stereocenters. The van der Waals surface area contributed by atoms with Gasteiger partial charge in [-0.2, -0.15) is 5.10 Å². The van der Waals surface area contributed by atoms with E-state index in [9.17, 15) is 18.0 Å². The Hall–Kier alpha value is -3.33. The third kappa shape index (κ3) is 4.56. The van der Waals surface area contributed by atoms with Crippen molar-refractivity contribution in [3.63, 3.8) is 0 Å². The number of rotatable bonds is 5. The minimum atomic E-state index is -2.61. The van der Waals surface area contributed by atoms with Crippen molar-refractivity contribution in [3.8, 4) is 22.4 Å². The summed E-state index contributed by atoms with van der Waals surface area (Å²) in [5.74, 6) is -1.26. The van der Waals surface area contributed by atoms with E-state index >= 15 is 0 Å². The van der Waals surface area contributed by atoms with Crippen molar-refractivity contribution >= 4 is 23.2 Å². The van der Waals surface area contributed by atoms with Gasteiger partial charge in [-0.25, -0.2) is 18.2 Å². The Labute approximate surface area is 181 Å². The molecule has 0 fully saturated rings.